The molecule has 0 aliphatic heterocycles. The van der Waals surface area contributed by atoms with Crippen molar-refractivity contribution in [3.63, 3.8) is 0 Å². The minimum absolute atomic E-state index is 0.333. The van der Waals surface area contributed by atoms with Crippen molar-refractivity contribution in [3.8, 4) is 5.75 Å². The van der Waals surface area contributed by atoms with Crippen LogP contribution in [0.3, 0.4) is 0 Å². The fourth-order valence-electron chi connectivity index (χ4n) is 4.64. The zero-order valence-corrected chi connectivity index (χ0v) is 14.1. The quantitative estimate of drug-likeness (QED) is 0.585. The van der Waals surface area contributed by atoms with Crippen LogP contribution in [0, 0.1) is 23.6 Å². The number of benzene rings is 1. The molecule has 2 fully saturated rings. The van der Waals surface area contributed by atoms with E-state index in [0.717, 1.165) is 30.2 Å². The van der Waals surface area contributed by atoms with Gasteiger partial charge in [0.1, 0.15) is 0 Å². The topological polar surface area (TPSA) is 9.23 Å². The Morgan fingerprint density at radius 2 is 1.83 bits per heavy atom. The number of fused-ring (bicyclic) bond motifs is 1. The van der Waals surface area contributed by atoms with Crippen LogP contribution in [0.4, 0.5) is 13.2 Å². The summed E-state index contributed by atoms with van der Waals surface area (Å²) in [6, 6.07) is 4.47. The van der Waals surface area contributed by atoms with Gasteiger partial charge in [-0.05, 0) is 86.8 Å². The predicted octanol–water partition coefficient (Wildman–Crippen LogP) is 6.30. The molecular weight excluding hydrogens is 313 g/mol. The summed E-state index contributed by atoms with van der Waals surface area (Å²) in [5, 5.41) is 0. The van der Waals surface area contributed by atoms with E-state index >= 15 is 0 Å². The molecule has 2 aliphatic rings. The highest BCUT2D eigenvalue weighted by Crippen LogP contribution is 2.48. The van der Waals surface area contributed by atoms with E-state index in [-0.39, 0.29) is 5.75 Å². The number of ether oxygens (including phenoxy) is 1. The van der Waals surface area contributed by atoms with Gasteiger partial charge in [0.2, 0.25) is 0 Å². The fourth-order valence-corrected chi connectivity index (χ4v) is 4.64. The molecule has 3 rings (SSSR count). The number of alkyl halides is 2. The van der Waals surface area contributed by atoms with Gasteiger partial charge in [-0.2, -0.15) is 8.78 Å². The third-order valence-electron chi connectivity index (χ3n) is 5.76. The van der Waals surface area contributed by atoms with Crippen LogP contribution in [0.5, 0.6) is 5.75 Å². The lowest BCUT2D eigenvalue weighted by Crippen LogP contribution is -2.30. The average molecular weight is 338 g/mol. The molecular formula is C20H25F3O. The molecule has 0 spiro atoms. The van der Waals surface area contributed by atoms with Crippen molar-refractivity contribution in [2.75, 3.05) is 0 Å². The summed E-state index contributed by atoms with van der Waals surface area (Å²) in [5.74, 6) is 1.49. The molecule has 0 amide bonds. The maximum absolute atomic E-state index is 14.0. The minimum Gasteiger partial charge on any atom is -0.432 e. The Kier molecular flexibility index (Phi) is 5.52. The summed E-state index contributed by atoms with van der Waals surface area (Å²) >= 11 is 0. The molecule has 132 valence electrons. The summed E-state index contributed by atoms with van der Waals surface area (Å²) in [5.41, 5.74) is 0.920. The first-order valence-electron chi connectivity index (χ1n) is 8.94. The monoisotopic (exact) mass is 338 g/mol. The van der Waals surface area contributed by atoms with Gasteiger partial charge in [-0.15, -0.1) is 0 Å². The minimum atomic E-state index is -2.99. The van der Waals surface area contributed by atoms with Gasteiger partial charge >= 0.3 is 6.61 Å². The fraction of sp³-hybridized carbons (Fsp3) is 0.600. The molecule has 0 aromatic heterocycles. The molecule has 4 heteroatoms. The van der Waals surface area contributed by atoms with E-state index in [0.29, 0.717) is 11.8 Å². The molecule has 0 N–H and O–H groups in total. The van der Waals surface area contributed by atoms with E-state index in [4.69, 9.17) is 0 Å². The first kappa shape index (κ1) is 17.4. The largest absolute Gasteiger partial charge is 0.432 e. The molecule has 0 bridgehead atoms. The Hall–Kier alpha value is -1.45. The van der Waals surface area contributed by atoms with E-state index in [2.05, 4.69) is 23.8 Å². The third kappa shape index (κ3) is 3.96. The van der Waals surface area contributed by atoms with Crippen LogP contribution in [0.1, 0.15) is 56.9 Å². The van der Waals surface area contributed by atoms with E-state index in [1.165, 1.54) is 37.8 Å². The zero-order valence-electron chi connectivity index (χ0n) is 14.1. The van der Waals surface area contributed by atoms with Gasteiger partial charge in [-0.25, -0.2) is 4.39 Å². The summed E-state index contributed by atoms with van der Waals surface area (Å²) in [6.07, 6.45) is 11.6. The van der Waals surface area contributed by atoms with Crippen LogP contribution in [0.2, 0.25) is 0 Å². The number of hydrogen-bond donors (Lipinski definition) is 0. The summed E-state index contributed by atoms with van der Waals surface area (Å²) in [4.78, 5) is 0. The Labute approximate surface area is 141 Å². The van der Waals surface area contributed by atoms with Crippen molar-refractivity contribution < 1.29 is 17.9 Å². The van der Waals surface area contributed by atoms with Crippen LogP contribution in [-0.2, 0) is 0 Å². The van der Waals surface area contributed by atoms with Crippen LogP contribution >= 0.6 is 0 Å². The van der Waals surface area contributed by atoms with Gasteiger partial charge in [0.15, 0.2) is 11.6 Å². The average Bonchev–Trinajstić information content (AvgIpc) is 2.56. The number of hydrogen-bond acceptors (Lipinski definition) is 1. The van der Waals surface area contributed by atoms with Crippen molar-refractivity contribution in [1.29, 1.82) is 0 Å². The zero-order chi connectivity index (χ0) is 17.1. The molecule has 2 aliphatic carbocycles. The Balaban J connectivity index is 1.65. The summed E-state index contributed by atoms with van der Waals surface area (Å²) in [7, 11) is 0. The first-order chi connectivity index (χ1) is 11.6. The maximum atomic E-state index is 14.0. The molecule has 4 unspecified atom stereocenters. The van der Waals surface area contributed by atoms with Gasteiger partial charge in [-0.1, -0.05) is 18.2 Å². The van der Waals surface area contributed by atoms with Crippen molar-refractivity contribution in [1.82, 2.24) is 0 Å². The second kappa shape index (κ2) is 7.62. The molecule has 1 nitrogen and oxygen atoms in total. The van der Waals surface area contributed by atoms with Gasteiger partial charge in [0.25, 0.3) is 0 Å². The maximum Gasteiger partial charge on any atom is 0.387 e. The van der Waals surface area contributed by atoms with Crippen LogP contribution < -0.4 is 4.74 Å². The van der Waals surface area contributed by atoms with E-state index in [1.807, 2.05) is 0 Å². The second-order valence-corrected chi connectivity index (χ2v) is 7.20. The molecule has 0 radical (unpaired) electrons. The molecule has 1 aromatic carbocycles. The highest BCUT2D eigenvalue weighted by atomic mass is 19.3. The van der Waals surface area contributed by atoms with Crippen molar-refractivity contribution in [2.45, 2.75) is 58.0 Å². The summed E-state index contributed by atoms with van der Waals surface area (Å²) < 4.78 is 42.6. The van der Waals surface area contributed by atoms with Gasteiger partial charge in [0.05, 0.1) is 0 Å². The highest BCUT2D eigenvalue weighted by Gasteiger charge is 2.35. The normalized spacial score (nSPS) is 30.5. The Morgan fingerprint density at radius 1 is 1.08 bits per heavy atom. The summed E-state index contributed by atoms with van der Waals surface area (Å²) in [6.45, 7) is -0.910. The molecule has 0 saturated heterocycles. The van der Waals surface area contributed by atoms with Crippen LogP contribution in [0.15, 0.2) is 30.4 Å². The molecule has 24 heavy (non-hydrogen) atoms. The highest BCUT2D eigenvalue weighted by molar-refractivity contribution is 5.31. The third-order valence-corrected chi connectivity index (χ3v) is 5.76. The van der Waals surface area contributed by atoms with Crippen LogP contribution in [0.25, 0.3) is 0 Å². The number of rotatable bonds is 4. The Bertz CT molecular complexity index is 584. The van der Waals surface area contributed by atoms with E-state index in [9.17, 15) is 13.2 Å². The molecule has 2 saturated carbocycles. The van der Waals surface area contributed by atoms with Crippen LogP contribution in [-0.4, -0.2) is 6.61 Å². The molecule has 0 heterocycles. The smallest absolute Gasteiger partial charge is 0.387 e. The standard InChI is InChI=1S/C20H25F3O/c1-2-3-13-4-5-15-11-16(7-6-14(15)10-13)17-8-9-19(18(21)12-17)24-20(22)23/h2-3,8-9,12-16,20H,4-7,10-11H2,1H3. The molecule has 1 aromatic rings. The molecule has 4 atom stereocenters. The van der Waals surface area contributed by atoms with E-state index in [1.54, 1.807) is 6.07 Å². The van der Waals surface area contributed by atoms with Gasteiger partial charge in [-0.3, -0.25) is 0 Å². The van der Waals surface area contributed by atoms with Gasteiger partial charge in [0, 0.05) is 0 Å². The van der Waals surface area contributed by atoms with Crippen molar-refractivity contribution >= 4 is 0 Å². The van der Waals surface area contributed by atoms with E-state index < -0.39 is 12.4 Å². The van der Waals surface area contributed by atoms with Crippen molar-refractivity contribution in [3.05, 3.63) is 41.7 Å². The Morgan fingerprint density at radius 3 is 2.54 bits per heavy atom. The van der Waals surface area contributed by atoms with Crippen molar-refractivity contribution in [2.24, 2.45) is 17.8 Å². The lowest BCUT2D eigenvalue weighted by molar-refractivity contribution is -0.0522. The second-order valence-electron chi connectivity index (χ2n) is 7.20. The predicted molar refractivity (Wildman–Crippen MR) is 88.8 cm³/mol. The van der Waals surface area contributed by atoms with Gasteiger partial charge < -0.3 is 4.74 Å². The SMILES string of the molecule is CC=CC1CCC2CC(c3ccc(OC(F)F)c(F)c3)CCC2C1. The number of halogens is 3. The lowest BCUT2D eigenvalue weighted by atomic mass is 9.64. The lowest BCUT2D eigenvalue weighted by Gasteiger charge is -2.41. The first-order valence-corrected chi connectivity index (χ1v) is 8.94. The number of allylic oxidation sites excluding steroid dienone is 2.